The molecule has 0 saturated heterocycles. The van der Waals surface area contributed by atoms with Crippen molar-refractivity contribution in [3.05, 3.63) is 30.3 Å². The van der Waals surface area contributed by atoms with Crippen molar-refractivity contribution in [1.82, 2.24) is 0 Å². The molecule has 0 N–H and O–H groups in total. The zero-order chi connectivity index (χ0) is 12.8. The van der Waals surface area contributed by atoms with E-state index in [2.05, 4.69) is 27.7 Å². The largest absolute Gasteiger partial charge is 0.488 e. The van der Waals surface area contributed by atoms with Crippen LogP contribution in [-0.4, -0.2) is 5.60 Å². The highest BCUT2D eigenvalue weighted by Crippen LogP contribution is 2.16. The first-order chi connectivity index (χ1) is 7.08. The summed E-state index contributed by atoms with van der Waals surface area (Å²) in [5.74, 6) is 0.931. The van der Waals surface area contributed by atoms with Crippen LogP contribution in [0.4, 0.5) is 0 Å². The summed E-state index contributed by atoms with van der Waals surface area (Å²) in [6.45, 7) is 14.9. The van der Waals surface area contributed by atoms with E-state index >= 15 is 0 Å². The molecule has 0 aromatic heterocycles. The van der Waals surface area contributed by atoms with Crippen LogP contribution in [-0.2, 0) is 0 Å². The highest BCUT2D eigenvalue weighted by atomic mass is 16.5. The van der Waals surface area contributed by atoms with E-state index in [9.17, 15) is 0 Å². The predicted molar refractivity (Wildman–Crippen MR) is 72.0 cm³/mol. The molecule has 0 unspecified atom stereocenters. The van der Waals surface area contributed by atoms with E-state index in [1.165, 1.54) is 0 Å². The van der Waals surface area contributed by atoms with Crippen LogP contribution in [0.25, 0.3) is 0 Å². The molecule has 1 aromatic carbocycles. The van der Waals surface area contributed by atoms with E-state index in [0.717, 1.165) is 5.75 Å². The van der Waals surface area contributed by atoms with E-state index in [1.54, 1.807) is 0 Å². The maximum atomic E-state index is 5.60. The smallest absolute Gasteiger partial charge is 0.120 e. The van der Waals surface area contributed by atoms with Crippen molar-refractivity contribution in [3.8, 4) is 5.75 Å². The fourth-order valence-corrected chi connectivity index (χ4v) is 0.842. The summed E-state index contributed by atoms with van der Waals surface area (Å²) in [5, 5.41) is 0. The molecule has 1 rings (SSSR count). The summed E-state index contributed by atoms with van der Waals surface area (Å²) in [5.41, 5.74) is 0.404. The van der Waals surface area contributed by atoms with Crippen LogP contribution in [0, 0.1) is 5.41 Å². The summed E-state index contributed by atoms with van der Waals surface area (Å²) in [6, 6.07) is 9.86. The molecule has 0 fully saturated rings. The summed E-state index contributed by atoms with van der Waals surface area (Å²) < 4.78 is 5.60. The second-order valence-electron chi connectivity index (χ2n) is 6.53. The first-order valence-corrected chi connectivity index (χ1v) is 5.82. The Labute approximate surface area is 101 Å². The van der Waals surface area contributed by atoms with E-state index in [-0.39, 0.29) is 5.60 Å². The first kappa shape index (κ1) is 15.0. The van der Waals surface area contributed by atoms with Gasteiger partial charge in [-0.25, -0.2) is 0 Å². The molecule has 0 aliphatic carbocycles. The predicted octanol–water partition coefficient (Wildman–Crippen LogP) is 4.92. The molecule has 0 atom stereocenters. The normalized spacial score (nSPS) is 11.4. The van der Waals surface area contributed by atoms with E-state index in [1.807, 2.05) is 51.1 Å². The lowest BCUT2D eigenvalue weighted by atomic mass is 10.0. The molecule has 1 nitrogen and oxygen atoms in total. The fraction of sp³-hybridized carbons (Fsp3) is 0.600. The van der Waals surface area contributed by atoms with Gasteiger partial charge in [-0.3, -0.25) is 0 Å². The molecule has 0 amide bonds. The van der Waals surface area contributed by atoms with Gasteiger partial charge < -0.3 is 4.74 Å². The maximum absolute atomic E-state index is 5.60. The minimum atomic E-state index is -0.0959. The van der Waals surface area contributed by atoms with Crippen molar-refractivity contribution in [1.29, 1.82) is 0 Å². The Bertz CT molecular complexity index is 269. The molecule has 0 aliphatic rings. The minimum absolute atomic E-state index is 0.0959. The monoisotopic (exact) mass is 222 g/mol. The molecule has 0 radical (unpaired) electrons. The molecule has 0 heterocycles. The molecule has 0 aliphatic heterocycles. The topological polar surface area (TPSA) is 9.23 Å². The van der Waals surface area contributed by atoms with Gasteiger partial charge in [0.05, 0.1) is 0 Å². The zero-order valence-electron chi connectivity index (χ0n) is 11.8. The Morgan fingerprint density at radius 2 is 1.12 bits per heavy atom. The average molecular weight is 222 g/mol. The zero-order valence-corrected chi connectivity index (χ0v) is 11.8. The number of hydrogen-bond donors (Lipinski definition) is 0. The van der Waals surface area contributed by atoms with Crippen molar-refractivity contribution in [2.45, 2.75) is 54.1 Å². The van der Waals surface area contributed by atoms with Crippen LogP contribution in [0.1, 0.15) is 48.5 Å². The Hall–Kier alpha value is -0.980. The van der Waals surface area contributed by atoms with Gasteiger partial charge in [0.1, 0.15) is 11.4 Å². The summed E-state index contributed by atoms with van der Waals surface area (Å²) in [7, 11) is 0. The highest BCUT2D eigenvalue weighted by Gasteiger charge is 2.10. The standard InChI is InChI=1S/C10H14O.C5H12/c1-10(2,3)11-9-7-5-4-6-8-9;1-5(2,3)4/h4-8H,1-3H3;1-4H3. The van der Waals surface area contributed by atoms with Crippen LogP contribution in [0.3, 0.4) is 0 Å². The van der Waals surface area contributed by atoms with Gasteiger partial charge >= 0.3 is 0 Å². The van der Waals surface area contributed by atoms with E-state index in [4.69, 9.17) is 4.74 Å². The molecule has 1 heteroatoms. The molecule has 16 heavy (non-hydrogen) atoms. The third-order valence-electron chi connectivity index (χ3n) is 1.17. The SMILES string of the molecule is CC(C)(C)C.CC(C)(C)Oc1ccccc1. The molecular formula is C15H26O. The molecular weight excluding hydrogens is 196 g/mol. The Morgan fingerprint density at radius 1 is 0.750 bits per heavy atom. The number of hydrogen-bond acceptors (Lipinski definition) is 1. The Kier molecular flexibility index (Phi) is 5.57. The number of rotatable bonds is 1. The lowest BCUT2D eigenvalue weighted by molar-refractivity contribution is 0.131. The van der Waals surface area contributed by atoms with E-state index < -0.39 is 0 Å². The summed E-state index contributed by atoms with van der Waals surface area (Å²) in [4.78, 5) is 0. The third kappa shape index (κ3) is 13.0. The first-order valence-electron chi connectivity index (χ1n) is 5.82. The molecule has 0 bridgehead atoms. The van der Waals surface area contributed by atoms with Crippen LogP contribution >= 0.6 is 0 Å². The van der Waals surface area contributed by atoms with Gasteiger partial charge in [-0.05, 0) is 38.3 Å². The lowest BCUT2D eigenvalue weighted by Gasteiger charge is -2.20. The Balaban J connectivity index is 0.000000385. The summed E-state index contributed by atoms with van der Waals surface area (Å²) in [6.07, 6.45) is 0. The Morgan fingerprint density at radius 3 is 1.44 bits per heavy atom. The van der Waals surface area contributed by atoms with E-state index in [0.29, 0.717) is 5.41 Å². The number of ether oxygens (including phenoxy) is 1. The molecule has 92 valence electrons. The number of benzene rings is 1. The van der Waals surface area contributed by atoms with Crippen LogP contribution < -0.4 is 4.74 Å². The maximum Gasteiger partial charge on any atom is 0.120 e. The second kappa shape index (κ2) is 5.93. The second-order valence-corrected chi connectivity index (χ2v) is 6.53. The fourth-order valence-electron chi connectivity index (χ4n) is 0.842. The van der Waals surface area contributed by atoms with Crippen molar-refractivity contribution in [2.75, 3.05) is 0 Å². The van der Waals surface area contributed by atoms with Gasteiger partial charge in [-0.1, -0.05) is 45.9 Å². The van der Waals surface area contributed by atoms with Gasteiger partial charge in [-0.15, -0.1) is 0 Å². The van der Waals surface area contributed by atoms with Crippen LogP contribution in [0.15, 0.2) is 30.3 Å². The quantitative estimate of drug-likeness (QED) is 0.655. The van der Waals surface area contributed by atoms with Gasteiger partial charge in [0.25, 0.3) is 0 Å². The van der Waals surface area contributed by atoms with Crippen LogP contribution in [0.5, 0.6) is 5.75 Å². The van der Waals surface area contributed by atoms with Crippen LogP contribution in [0.2, 0.25) is 0 Å². The van der Waals surface area contributed by atoms with Crippen molar-refractivity contribution >= 4 is 0 Å². The van der Waals surface area contributed by atoms with Gasteiger partial charge in [-0.2, -0.15) is 0 Å². The third-order valence-corrected chi connectivity index (χ3v) is 1.17. The van der Waals surface area contributed by atoms with Crippen molar-refractivity contribution in [2.24, 2.45) is 5.41 Å². The van der Waals surface area contributed by atoms with Crippen molar-refractivity contribution < 1.29 is 4.74 Å². The highest BCUT2D eigenvalue weighted by molar-refractivity contribution is 5.21. The van der Waals surface area contributed by atoms with Crippen molar-refractivity contribution in [3.63, 3.8) is 0 Å². The average Bonchev–Trinajstić information content (AvgIpc) is 1.99. The van der Waals surface area contributed by atoms with Gasteiger partial charge in [0.2, 0.25) is 0 Å². The summed E-state index contributed by atoms with van der Waals surface area (Å²) >= 11 is 0. The molecule has 1 aromatic rings. The molecule has 0 spiro atoms. The van der Waals surface area contributed by atoms with Gasteiger partial charge in [0.15, 0.2) is 0 Å². The van der Waals surface area contributed by atoms with Gasteiger partial charge in [0, 0.05) is 0 Å². The minimum Gasteiger partial charge on any atom is -0.488 e. The molecule has 0 saturated carbocycles. The lowest BCUT2D eigenvalue weighted by Crippen LogP contribution is -2.22. The number of para-hydroxylation sites is 1.